The maximum Gasteiger partial charge on any atom is 0.238 e. The Labute approximate surface area is 167 Å². The van der Waals surface area contributed by atoms with Gasteiger partial charge in [0.1, 0.15) is 17.3 Å². The lowest BCUT2D eigenvalue weighted by molar-refractivity contribution is -0.121. The monoisotopic (exact) mass is 397 g/mol. The number of carbonyl (C=O) groups excluding carboxylic acids is 1. The average Bonchev–Trinajstić information content (AvgIpc) is 3.19. The zero-order valence-electron chi connectivity index (χ0n) is 15.1. The highest BCUT2D eigenvalue weighted by molar-refractivity contribution is 7.80. The van der Waals surface area contributed by atoms with Crippen LogP contribution in [0.2, 0.25) is 0 Å². The van der Waals surface area contributed by atoms with E-state index < -0.39 is 0 Å². The third-order valence-corrected chi connectivity index (χ3v) is 4.26. The largest absolute Gasteiger partial charge is 0.461 e. The number of rotatable bonds is 6. The fourth-order valence-corrected chi connectivity index (χ4v) is 2.69. The minimum atomic E-state index is -0.346. The minimum absolute atomic E-state index is 0.207. The first kappa shape index (κ1) is 19.6. The van der Waals surface area contributed by atoms with Crippen molar-refractivity contribution in [2.45, 2.75) is 19.4 Å². The van der Waals surface area contributed by atoms with Crippen molar-refractivity contribution in [3.05, 3.63) is 83.9 Å². The van der Waals surface area contributed by atoms with E-state index in [0.717, 1.165) is 5.56 Å². The van der Waals surface area contributed by atoms with Crippen molar-refractivity contribution in [1.29, 1.82) is 0 Å². The average molecular weight is 397 g/mol. The van der Waals surface area contributed by atoms with E-state index in [0.29, 0.717) is 35.2 Å². The zero-order chi connectivity index (χ0) is 19.8. The van der Waals surface area contributed by atoms with E-state index in [2.05, 4.69) is 16.2 Å². The molecule has 0 aliphatic heterocycles. The molecule has 0 radical (unpaired) electrons. The molecule has 0 atom stereocenters. The van der Waals surface area contributed by atoms with Crippen LogP contribution < -0.4 is 16.2 Å². The molecular weight excluding hydrogens is 377 g/mol. The summed E-state index contributed by atoms with van der Waals surface area (Å²) in [5.41, 5.74) is 6.69. The molecule has 1 amide bonds. The van der Waals surface area contributed by atoms with Gasteiger partial charge in [0.25, 0.3) is 0 Å². The summed E-state index contributed by atoms with van der Waals surface area (Å²) in [6, 6.07) is 19.6. The van der Waals surface area contributed by atoms with Crippen molar-refractivity contribution in [3.8, 4) is 11.3 Å². The molecule has 5 nitrogen and oxygen atoms in total. The summed E-state index contributed by atoms with van der Waals surface area (Å²) in [5, 5.41) is 3.34. The molecule has 7 heteroatoms. The maximum atomic E-state index is 13.8. The predicted molar refractivity (Wildman–Crippen MR) is 110 cm³/mol. The van der Waals surface area contributed by atoms with Gasteiger partial charge in [-0.25, -0.2) is 4.39 Å². The van der Waals surface area contributed by atoms with Gasteiger partial charge in [-0.1, -0.05) is 42.5 Å². The van der Waals surface area contributed by atoms with Crippen LogP contribution in [-0.4, -0.2) is 11.0 Å². The summed E-state index contributed by atoms with van der Waals surface area (Å²) in [6.07, 6.45) is 0.602. The topological polar surface area (TPSA) is 66.3 Å². The lowest BCUT2D eigenvalue weighted by Crippen LogP contribution is -2.46. The first-order valence-electron chi connectivity index (χ1n) is 8.82. The lowest BCUT2D eigenvalue weighted by atomic mass is 10.1. The van der Waals surface area contributed by atoms with Gasteiger partial charge in [0.2, 0.25) is 5.91 Å². The van der Waals surface area contributed by atoms with Crippen molar-refractivity contribution in [1.82, 2.24) is 16.2 Å². The molecule has 3 rings (SSSR count). The highest BCUT2D eigenvalue weighted by atomic mass is 32.1. The Morgan fingerprint density at radius 3 is 2.50 bits per heavy atom. The summed E-state index contributed by atoms with van der Waals surface area (Å²) in [6.45, 7) is 0.563. The maximum absolute atomic E-state index is 13.8. The van der Waals surface area contributed by atoms with E-state index in [1.165, 1.54) is 6.07 Å². The molecule has 3 N–H and O–H groups in total. The number of furan rings is 1. The molecule has 0 aliphatic rings. The number of aryl methyl sites for hydroxylation is 1. The fraction of sp³-hybridized carbons (Fsp3) is 0.143. The van der Waals surface area contributed by atoms with Gasteiger partial charge in [-0.15, -0.1) is 0 Å². The highest BCUT2D eigenvalue weighted by Gasteiger charge is 2.10. The Bertz CT molecular complexity index is 944. The van der Waals surface area contributed by atoms with Crippen molar-refractivity contribution in [2.75, 3.05) is 0 Å². The number of hydrazine groups is 1. The zero-order valence-corrected chi connectivity index (χ0v) is 15.9. The van der Waals surface area contributed by atoms with E-state index >= 15 is 0 Å². The molecule has 144 valence electrons. The van der Waals surface area contributed by atoms with E-state index in [-0.39, 0.29) is 18.1 Å². The first-order valence-corrected chi connectivity index (χ1v) is 9.23. The number of hydrogen-bond acceptors (Lipinski definition) is 3. The molecule has 1 aromatic heterocycles. The van der Waals surface area contributed by atoms with Gasteiger partial charge in [-0.3, -0.25) is 15.6 Å². The van der Waals surface area contributed by atoms with Gasteiger partial charge in [-0.2, -0.15) is 0 Å². The molecule has 0 saturated carbocycles. The standard InChI is InChI=1S/C21H20FN3O2S/c22-18-9-5-4-8-17(18)19-12-10-16(27-19)11-13-20(26)24-25-21(28)23-14-15-6-2-1-3-7-15/h1-10,12H,11,13-14H2,(H,24,26)(H2,23,25,28). The summed E-state index contributed by atoms with van der Waals surface area (Å²) < 4.78 is 19.4. The molecule has 0 aliphatic carbocycles. The molecule has 28 heavy (non-hydrogen) atoms. The third kappa shape index (κ3) is 5.65. The smallest absolute Gasteiger partial charge is 0.238 e. The van der Waals surface area contributed by atoms with Crippen LogP contribution in [-0.2, 0) is 17.8 Å². The van der Waals surface area contributed by atoms with Gasteiger partial charge in [-0.05, 0) is 42.0 Å². The molecular formula is C21H20FN3O2S. The number of halogens is 1. The number of carbonyl (C=O) groups is 1. The molecule has 0 spiro atoms. The number of thiocarbonyl (C=S) groups is 1. The first-order chi connectivity index (χ1) is 13.6. The number of nitrogens with one attached hydrogen (secondary N) is 3. The molecule has 0 fully saturated rings. The molecule has 0 unspecified atom stereocenters. The van der Waals surface area contributed by atoms with E-state index in [9.17, 15) is 9.18 Å². The SMILES string of the molecule is O=C(CCc1ccc(-c2ccccc2F)o1)NNC(=S)NCc1ccccc1. The normalized spacial score (nSPS) is 10.3. The molecule has 1 heterocycles. The Morgan fingerprint density at radius 2 is 1.71 bits per heavy atom. The van der Waals surface area contributed by atoms with Crippen LogP contribution in [0.4, 0.5) is 4.39 Å². The Kier molecular flexibility index (Phi) is 6.75. The van der Waals surface area contributed by atoms with Crippen molar-refractivity contribution >= 4 is 23.2 Å². The van der Waals surface area contributed by atoms with Gasteiger partial charge in [0.05, 0.1) is 5.56 Å². The van der Waals surface area contributed by atoms with E-state index in [4.69, 9.17) is 16.6 Å². The molecule has 2 aromatic carbocycles. The van der Waals surface area contributed by atoms with E-state index in [1.54, 1.807) is 30.3 Å². The summed E-state index contributed by atoms with van der Waals surface area (Å²) in [5.74, 6) is 0.477. The van der Waals surface area contributed by atoms with Crippen LogP contribution in [0.25, 0.3) is 11.3 Å². The van der Waals surface area contributed by atoms with Gasteiger partial charge >= 0.3 is 0 Å². The summed E-state index contributed by atoms with van der Waals surface area (Å²) >= 11 is 5.13. The third-order valence-electron chi connectivity index (χ3n) is 4.01. The Morgan fingerprint density at radius 1 is 0.964 bits per heavy atom. The van der Waals surface area contributed by atoms with Crippen LogP contribution in [0, 0.1) is 5.82 Å². The van der Waals surface area contributed by atoms with Crippen LogP contribution in [0.1, 0.15) is 17.7 Å². The summed E-state index contributed by atoms with van der Waals surface area (Å²) in [7, 11) is 0. The second kappa shape index (κ2) is 9.66. The lowest BCUT2D eigenvalue weighted by Gasteiger charge is -2.11. The second-order valence-electron chi connectivity index (χ2n) is 6.09. The van der Waals surface area contributed by atoms with Crippen LogP contribution in [0.3, 0.4) is 0 Å². The van der Waals surface area contributed by atoms with Gasteiger partial charge in [0.15, 0.2) is 5.11 Å². The van der Waals surface area contributed by atoms with Crippen LogP contribution in [0.5, 0.6) is 0 Å². The quantitative estimate of drug-likeness (QED) is 0.437. The van der Waals surface area contributed by atoms with E-state index in [1.807, 2.05) is 30.3 Å². The molecule has 3 aromatic rings. The number of amides is 1. The van der Waals surface area contributed by atoms with Gasteiger partial charge < -0.3 is 9.73 Å². The fourth-order valence-electron chi connectivity index (χ4n) is 2.57. The minimum Gasteiger partial charge on any atom is -0.461 e. The van der Waals surface area contributed by atoms with Crippen molar-refractivity contribution in [2.24, 2.45) is 0 Å². The molecule has 0 saturated heterocycles. The van der Waals surface area contributed by atoms with Crippen LogP contribution >= 0.6 is 12.2 Å². The van der Waals surface area contributed by atoms with Gasteiger partial charge in [0, 0.05) is 19.4 Å². The predicted octanol–water partition coefficient (Wildman–Crippen LogP) is 3.71. The van der Waals surface area contributed by atoms with Crippen molar-refractivity contribution in [3.63, 3.8) is 0 Å². The Hall–Kier alpha value is -3.19. The summed E-state index contributed by atoms with van der Waals surface area (Å²) in [4.78, 5) is 12.0. The van der Waals surface area contributed by atoms with Crippen molar-refractivity contribution < 1.29 is 13.6 Å². The number of hydrogen-bond donors (Lipinski definition) is 3. The molecule has 0 bridgehead atoms. The second-order valence-corrected chi connectivity index (χ2v) is 6.50. The highest BCUT2D eigenvalue weighted by Crippen LogP contribution is 2.25. The Balaban J connectivity index is 1.40. The van der Waals surface area contributed by atoms with Crippen LogP contribution in [0.15, 0.2) is 71.1 Å². The number of benzene rings is 2.